The lowest BCUT2D eigenvalue weighted by Gasteiger charge is -2.49. The molecule has 188 valence electrons. The number of hydrogen-bond donors (Lipinski definition) is 3. The molecule has 2 aliphatic rings. The maximum atomic E-state index is 12.8. The van der Waals surface area contributed by atoms with E-state index >= 15 is 0 Å². The van der Waals surface area contributed by atoms with Gasteiger partial charge in [-0.05, 0) is 6.92 Å². The van der Waals surface area contributed by atoms with Crippen LogP contribution >= 0.6 is 23.1 Å². The number of carbonyl (C=O) groups is 5. The molecule has 1 aromatic heterocycles. The number of nitrogen functional groups attached to an aromatic ring is 1. The number of rotatable bonds is 11. The number of hydrogen-bond acceptors (Lipinski definition) is 12. The molecule has 1 saturated heterocycles. The molecular weight excluding hydrogens is 509 g/mol. The number of esters is 1. The van der Waals surface area contributed by atoms with Crippen molar-refractivity contribution in [3.63, 3.8) is 0 Å². The van der Waals surface area contributed by atoms with Crippen molar-refractivity contribution in [2.24, 2.45) is 5.16 Å². The second-order valence-corrected chi connectivity index (χ2v) is 9.19. The largest absolute Gasteiger partial charge is 0.477 e. The van der Waals surface area contributed by atoms with Crippen LogP contribution in [0.15, 0.2) is 21.8 Å². The van der Waals surface area contributed by atoms with Crippen LogP contribution in [0.2, 0.25) is 0 Å². The van der Waals surface area contributed by atoms with Gasteiger partial charge in [0.2, 0.25) is 0 Å². The zero-order valence-electron chi connectivity index (χ0n) is 18.2. The smallest absolute Gasteiger partial charge is 0.352 e. The van der Waals surface area contributed by atoms with Crippen molar-refractivity contribution in [1.82, 2.24) is 15.2 Å². The first-order valence-electron chi connectivity index (χ1n) is 9.97. The van der Waals surface area contributed by atoms with Crippen molar-refractivity contribution in [2.45, 2.75) is 24.8 Å². The Hall–Kier alpha value is -3.53. The van der Waals surface area contributed by atoms with Crippen LogP contribution < -0.4 is 11.1 Å². The Bertz CT molecular complexity index is 1120. The average molecular weight is 530 g/mol. The zero-order valence-corrected chi connectivity index (χ0v) is 19.8. The third kappa shape index (κ3) is 5.94. The van der Waals surface area contributed by atoms with Gasteiger partial charge in [-0.2, -0.15) is 0 Å². The van der Waals surface area contributed by atoms with Crippen molar-refractivity contribution in [1.29, 1.82) is 0 Å². The third-order valence-electron chi connectivity index (χ3n) is 4.64. The highest BCUT2D eigenvalue weighted by Gasteiger charge is 2.54. The van der Waals surface area contributed by atoms with Crippen LogP contribution in [-0.4, -0.2) is 87.3 Å². The number of β-lactam (4-membered cyclic amide) rings is 1. The van der Waals surface area contributed by atoms with Gasteiger partial charge in [-0.1, -0.05) is 5.16 Å². The van der Waals surface area contributed by atoms with Crippen LogP contribution in [0.4, 0.5) is 9.52 Å². The van der Waals surface area contributed by atoms with Gasteiger partial charge in [0.05, 0.1) is 0 Å². The van der Waals surface area contributed by atoms with Crippen LogP contribution in [0.5, 0.6) is 0 Å². The number of halogens is 1. The van der Waals surface area contributed by atoms with Gasteiger partial charge in [0, 0.05) is 16.7 Å². The fraction of sp³-hybridized carbons (Fsp3) is 0.421. The number of alkyl halides is 1. The molecule has 1 aromatic rings. The lowest BCUT2D eigenvalue weighted by atomic mass is 10.0. The summed E-state index contributed by atoms with van der Waals surface area (Å²) in [5.41, 5.74) is 5.14. The summed E-state index contributed by atoms with van der Waals surface area (Å²) in [5.74, 6) is -4.09. The van der Waals surface area contributed by atoms with E-state index in [2.05, 4.69) is 15.5 Å². The van der Waals surface area contributed by atoms with Crippen molar-refractivity contribution in [3.05, 3.63) is 22.3 Å². The summed E-state index contributed by atoms with van der Waals surface area (Å²) in [6.45, 7) is -0.438. The molecule has 2 aliphatic heterocycles. The highest BCUT2D eigenvalue weighted by molar-refractivity contribution is 8.00. The summed E-state index contributed by atoms with van der Waals surface area (Å²) in [5, 5.41) is 16.6. The van der Waals surface area contributed by atoms with Gasteiger partial charge >= 0.3 is 11.9 Å². The van der Waals surface area contributed by atoms with Crippen molar-refractivity contribution in [2.75, 3.05) is 31.4 Å². The van der Waals surface area contributed by atoms with E-state index in [0.717, 1.165) is 28.0 Å². The fourth-order valence-electron chi connectivity index (χ4n) is 3.17. The van der Waals surface area contributed by atoms with Gasteiger partial charge in [0.15, 0.2) is 10.8 Å². The van der Waals surface area contributed by atoms with Gasteiger partial charge in [0.1, 0.15) is 54.9 Å². The van der Waals surface area contributed by atoms with Crippen LogP contribution in [0.3, 0.4) is 0 Å². The number of thiazole rings is 1. The van der Waals surface area contributed by atoms with E-state index in [9.17, 15) is 33.5 Å². The minimum Gasteiger partial charge on any atom is -0.477 e. The number of nitrogens with zero attached hydrogens (tertiary/aromatic N) is 3. The van der Waals surface area contributed by atoms with Crippen molar-refractivity contribution < 1.29 is 43.0 Å². The van der Waals surface area contributed by atoms with E-state index in [0.29, 0.717) is 0 Å². The normalized spacial score (nSPS) is 19.5. The second kappa shape index (κ2) is 11.3. The maximum absolute atomic E-state index is 12.8. The minimum absolute atomic E-state index is 0.0598. The summed E-state index contributed by atoms with van der Waals surface area (Å²) in [6.07, 6.45) is -0.453. The van der Waals surface area contributed by atoms with E-state index in [1.165, 1.54) is 12.3 Å². The molecule has 2 atom stereocenters. The number of Topliss-reactive ketones (excluding diaryl/α,β-unsaturated/α-hetero) is 1. The molecule has 2 amide bonds. The highest BCUT2D eigenvalue weighted by Crippen LogP contribution is 2.40. The van der Waals surface area contributed by atoms with Gasteiger partial charge < -0.3 is 25.7 Å². The number of anilines is 1. The standard InChI is InChI=1S/C19H20FN5O8S2/c1-8(26)4-11(27)32-5-9-6-34-17-13(16(29)25(17)14(9)18(30)31)23-15(28)12(24-33-3-2-20)10-7-35-19(21)22-10/h7,13,17H,2-6H2,1H3,(H2,21,22)(H,23,28)(H,30,31)/b24-12-/t13-,17-/m1/s1. The Morgan fingerprint density at radius 2 is 2.14 bits per heavy atom. The Labute approximate surface area is 205 Å². The number of nitrogens with one attached hydrogen (secondary N) is 1. The van der Waals surface area contributed by atoms with Gasteiger partial charge in [-0.25, -0.2) is 14.2 Å². The molecule has 13 nitrogen and oxygen atoms in total. The molecule has 0 unspecified atom stereocenters. The summed E-state index contributed by atoms with van der Waals surface area (Å²) in [6, 6.07) is -1.09. The van der Waals surface area contributed by atoms with Crippen LogP contribution in [0.25, 0.3) is 0 Å². The summed E-state index contributed by atoms with van der Waals surface area (Å²) < 4.78 is 17.3. The van der Waals surface area contributed by atoms with Gasteiger partial charge in [-0.15, -0.1) is 23.1 Å². The maximum Gasteiger partial charge on any atom is 0.352 e. The third-order valence-corrected chi connectivity index (χ3v) is 6.65. The lowest BCUT2D eigenvalue weighted by molar-refractivity contribution is -0.150. The van der Waals surface area contributed by atoms with E-state index in [1.807, 2.05) is 0 Å². The predicted molar refractivity (Wildman–Crippen MR) is 121 cm³/mol. The second-order valence-electron chi connectivity index (χ2n) is 7.19. The van der Waals surface area contributed by atoms with Crippen molar-refractivity contribution >= 4 is 63.5 Å². The molecule has 0 spiro atoms. The summed E-state index contributed by atoms with van der Waals surface area (Å²) in [7, 11) is 0. The Balaban J connectivity index is 1.74. The number of fused-ring (bicyclic) bond motifs is 1. The summed E-state index contributed by atoms with van der Waals surface area (Å²) in [4.78, 5) is 69.8. The molecule has 0 bridgehead atoms. The Kier molecular flexibility index (Phi) is 8.39. The molecule has 0 aliphatic carbocycles. The first-order chi connectivity index (χ1) is 16.6. The first kappa shape index (κ1) is 26.1. The quantitative estimate of drug-likeness (QED) is 0.0850. The Morgan fingerprint density at radius 3 is 2.74 bits per heavy atom. The minimum atomic E-state index is -1.41. The van der Waals surface area contributed by atoms with E-state index < -0.39 is 67.3 Å². The predicted octanol–water partition coefficient (Wildman–Crippen LogP) is -0.324. The molecule has 16 heteroatoms. The zero-order chi connectivity index (χ0) is 25.7. The Morgan fingerprint density at radius 1 is 1.40 bits per heavy atom. The fourth-order valence-corrected chi connectivity index (χ4v) is 5.05. The summed E-state index contributed by atoms with van der Waals surface area (Å²) >= 11 is 2.18. The monoisotopic (exact) mass is 529 g/mol. The average Bonchev–Trinajstić information content (AvgIpc) is 3.23. The molecule has 0 radical (unpaired) electrons. The molecular formula is C19H20FN5O8S2. The molecule has 1 fully saturated rings. The molecule has 3 heterocycles. The van der Waals surface area contributed by atoms with Crippen LogP contribution in [-0.2, 0) is 33.5 Å². The van der Waals surface area contributed by atoms with Gasteiger partial charge in [-0.3, -0.25) is 24.1 Å². The molecule has 0 saturated carbocycles. The van der Waals surface area contributed by atoms with E-state index in [-0.39, 0.29) is 33.6 Å². The number of oxime groups is 1. The highest BCUT2D eigenvalue weighted by atomic mass is 32.2. The molecule has 4 N–H and O–H groups in total. The first-order valence-corrected chi connectivity index (χ1v) is 11.9. The topological polar surface area (TPSA) is 191 Å². The molecule has 35 heavy (non-hydrogen) atoms. The molecule has 0 aromatic carbocycles. The number of aromatic nitrogens is 1. The van der Waals surface area contributed by atoms with Crippen molar-refractivity contribution in [3.8, 4) is 0 Å². The number of carboxylic acids is 1. The van der Waals surface area contributed by atoms with Crippen LogP contribution in [0, 0.1) is 0 Å². The van der Waals surface area contributed by atoms with E-state index in [1.54, 1.807) is 0 Å². The number of ether oxygens (including phenoxy) is 1. The number of nitrogens with two attached hydrogens (primary N) is 1. The SMILES string of the molecule is CC(=O)CC(=O)OCC1=C(C(=O)O)N2C(=O)[C@@H](NC(=O)/C(=N\OCCF)c3csc(N)n3)[C@H]2SC1. The number of carbonyl (C=O) groups excluding carboxylic acids is 4. The number of thioether (sulfide) groups is 1. The lowest BCUT2D eigenvalue weighted by Crippen LogP contribution is -2.71. The van der Waals surface area contributed by atoms with Crippen LogP contribution in [0.1, 0.15) is 19.0 Å². The van der Waals surface area contributed by atoms with Gasteiger partial charge in [0.25, 0.3) is 11.8 Å². The number of aliphatic carboxylic acids is 1. The number of amides is 2. The van der Waals surface area contributed by atoms with E-state index in [4.69, 9.17) is 15.3 Å². The number of carboxylic acid groups (broad SMARTS) is 1. The molecule has 3 rings (SSSR count). The number of ketones is 1.